The minimum Gasteiger partial charge on any atom is -0.508 e. The second-order valence-electron chi connectivity index (χ2n) is 12.7. The molecule has 3 aliphatic carbocycles. The number of nitrogens with zero attached hydrogens (tertiary/aromatic N) is 2. The lowest BCUT2D eigenvalue weighted by Crippen LogP contribution is -2.65. The summed E-state index contributed by atoms with van der Waals surface area (Å²) < 4.78 is 0. The Kier molecular flexibility index (Phi) is 7.88. The van der Waals surface area contributed by atoms with Gasteiger partial charge in [-0.3, -0.25) is 19.3 Å². The predicted octanol–water partition coefficient (Wildman–Crippen LogP) is 1.35. The molecule has 0 aromatic heterocycles. The molecule has 0 bridgehead atoms. The molecule has 1 saturated carbocycles. The first-order valence-corrected chi connectivity index (χ1v) is 14.7. The molecule has 42 heavy (non-hydrogen) atoms. The topological polar surface area (TPSA) is 177 Å². The highest BCUT2D eigenvalue weighted by Gasteiger charge is 2.64. The number of carbonyl (C=O) groups excluding carboxylic acids is 3. The lowest BCUT2D eigenvalue weighted by atomic mass is 9.57. The number of nitrogens with one attached hydrogen (secondary N) is 1. The first-order valence-electron chi connectivity index (χ1n) is 14.7. The lowest BCUT2D eigenvalue weighted by Gasteiger charge is -2.50. The number of phenolic OH excluding ortho intramolecular Hbond substituents is 1. The van der Waals surface area contributed by atoms with E-state index >= 15 is 0 Å². The third-order valence-corrected chi connectivity index (χ3v) is 9.78. The number of amides is 1. The Morgan fingerprint density at radius 1 is 1.12 bits per heavy atom. The minimum absolute atomic E-state index is 0.0669. The van der Waals surface area contributed by atoms with Crippen LogP contribution in [0.2, 0.25) is 0 Å². The summed E-state index contributed by atoms with van der Waals surface area (Å²) in [5, 5.41) is 49.4. The molecular formula is C31H42N4O7. The van der Waals surface area contributed by atoms with Crippen LogP contribution in [0.4, 0.5) is 5.69 Å². The van der Waals surface area contributed by atoms with Gasteiger partial charge in [-0.05, 0) is 94.7 Å². The van der Waals surface area contributed by atoms with Crippen LogP contribution in [0.5, 0.6) is 5.75 Å². The number of anilines is 1. The summed E-state index contributed by atoms with van der Waals surface area (Å²) in [5.74, 6) is -5.71. The van der Waals surface area contributed by atoms with Crippen molar-refractivity contribution in [1.82, 2.24) is 10.2 Å². The van der Waals surface area contributed by atoms with Gasteiger partial charge in [-0.1, -0.05) is 6.42 Å². The summed E-state index contributed by atoms with van der Waals surface area (Å²) in [7, 11) is 6.93. The number of aliphatic hydroxyl groups excluding tert-OH is 2. The quantitative estimate of drug-likeness (QED) is 0.257. The van der Waals surface area contributed by atoms with Crippen LogP contribution in [0.15, 0.2) is 23.0 Å². The van der Waals surface area contributed by atoms with Gasteiger partial charge in [0.1, 0.15) is 22.8 Å². The first-order chi connectivity index (χ1) is 19.8. The van der Waals surface area contributed by atoms with E-state index in [1.807, 2.05) is 25.1 Å². The molecule has 11 heteroatoms. The fraction of sp³-hybridized carbons (Fsp3) is 0.581. The molecule has 5 rings (SSSR count). The van der Waals surface area contributed by atoms with E-state index in [4.69, 9.17) is 5.73 Å². The zero-order valence-electron chi connectivity index (χ0n) is 24.7. The molecule has 1 aromatic carbocycles. The van der Waals surface area contributed by atoms with Gasteiger partial charge in [-0.15, -0.1) is 0 Å². The van der Waals surface area contributed by atoms with Crippen LogP contribution in [0.25, 0.3) is 5.76 Å². The van der Waals surface area contributed by atoms with E-state index in [2.05, 4.69) is 5.32 Å². The molecule has 1 saturated heterocycles. The molecule has 7 N–H and O–H groups in total. The van der Waals surface area contributed by atoms with Crippen molar-refractivity contribution in [3.05, 3.63) is 39.7 Å². The van der Waals surface area contributed by atoms with Gasteiger partial charge in [-0.2, -0.15) is 0 Å². The number of aliphatic hydroxyl groups is 3. The highest BCUT2D eigenvalue weighted by Crippen LogP contribution is 2.54. The summed E-state index contributed by atoms with van der Waals surface area (Å²) in [4.78, 5) is 43.0. The van der Waals surface area contributed by atoms with E-state index in [9.17, 15) is 34.8 Å². The zero-order chi connectivity index (χ0) is 30.7. The fourth-order valence-corrected chi connectivity index (χ4v) is 7.69. The van der Waals surface area contributed by atoms with Crippen LogP contribution in [-0.2, 0) is 27.2 Å². The van der Waals surface area contributed by atoms with Gasteiger partial charge in [0, 0.05) is 31.3 Å². The Bertz CT molecular complexity index is 1390. The van der Waals surface area contributed by atoms with E-state index in [1.54, 1.807) is 14.1 Å². The normalized spacial score (nSPS) is 28.1. The van der Waals surface area contributed by atoms with Crippen LogP contribution >= 0.6 is 0 Å². The molecule has 1 aliphatic heterocycles. The van der Waals surface area contributed by atoms with Crippen molar-refractivity contribution >= 4 is 28.9 Å². The Labute approximate surface area is 245 Å². The number of ketones is 2. The third kappa shape index (κ3) is 4.58. The maximum Gasteiger partial charge on any atom is 0.255 e. The van der Waals surface area contributed by atoms with Crippen molar-refractivity contribution in [1.29, 1.82) is 0 Å². The SMILES string of the molecule is CN(C)c1cc(CCCC2CCNCC2)c(O)c2c1C[C@H]1C[C@H]3[C@H](N(C)C)C(=O)C(C(N)=O)=C(O)[C@@]3(O)C(=O)C1=C2O. The van der Waals surface area contributed by atoms with Crippen molar-refractivity contribution in [3.8, 4) is 5.75 Å². The number of hydrogen-bond donors (Lipinski definition) is 6. The largest absolute Gasteiger partial charge is 0.508 e. The number of nitrogens with two attached hydrogens (primary N) is 1. The van der Waals surface area contributed by atoms with Crippen LogP contribution < -0.4 is 16.0 Å². The molecule has 1 heterocycles. The molecule has 4 atom stereocenters. The van der Waals surface area contributed by atoms with Gasteiger partial charge >= 0.3 is 0 Å². The van der Waals surface area contributed by atoms with E-state index in [-0.39, 0.29) is 29.7 Å². The van der Waals surface area contributed by atoms with Crippen LogP contribution in [0.3, 0.4) is 0 Å². The smallest absolute Gasteiger partial charge is 0.255 e. The minimum atomic E-state index is -2.64. The number of Topliss-reactive ketones (excluding diaryl/α,β-unsaturated/α-hetero) is 2. The Morgan fingerprint density at radius 2 is 1.79 bits per heavy atom. The van der Waals surface area contributed by atoms with E-state index < -0.39 is 58.0 Å². The number of hydrogen-bond acceptors (Lipinski definition) is 10. The molecule has 228 valence electrons. The number of phenols is 1. The number of benzene rings is 1. The van der Waals surface area contributed by atoms with Gasteiger partial charge < -0.3 is 36.4 Å². The van der Waals surface area contributed by atoms with E-state index in [0.29, 0.717) is 23.5 Å². The molecule has 0 unspecified atom stereocenters. The third-order valence-electron chi connectivity index (χ3n) is 9.78. The van der Waals surface area contributed by atoms with Crippen LogP contribution in [-0.4, -0.2) is 95.7 Å². The molecule has 2 fully saturated rings. The van der Waals surface area contributed by atoms with Crippen molar-refractivity contribution in [2.75, 3.05) is 46.2 Å². The van der Waals surface area contributed by atoms with E-state index in [1.165, 1.54) is 4.90 Å². The number of piperidine rings is 1. The van der Waals surface area contributed by atoms with Gasteiger partial charge in [0.25, 0.3) is 5.91 Å². The van der Waals surface area contributed by atoms with Crippen molar-refractivity contribution in [3.63, 3.8) is 0 Å². The van der Waals surface area contributed by atoms with Crippen LogP contribution in [0, 0.1) is 17.8 Å². The standard InChI is InChI=1S/C31H42N4O7/c1-34(2)20-14-16(7-5-6-15-8-10-33-11-9-15)25(36)22-18(20)12-17-13-19-24(35(3)4)27(38)23(30(32)41)29(40)31(19,42)28(39)21(17)26(22)37/h14-15,17,19,24,33,36-37,40,42H,5-13H2,1-4H3,(H2,32,41)/t17-,19-,24-,31-/m0/s1. The monoisotopic (exact) mass is 582 g/mol. The van der Waals surface area contributed by atoms with Crippen molar-refractivity contribution in [2.24, 2.45) is 23.5 Å². The summed E-state index contributed by atoms with van der Waals surface area (Å²) in [6, 6.07) is 0.836. The van der Waals surface area contributed by atoms with Crippen molar-refractivity contribution in [2.45, 2.75) is 56.6 Å². The number of aryl methyl sites for hydroxylation is 1. The zero-order valence-corrected chi connectivity index (χ0v) is 24.7. The summed E-state index contributed by atoms with van der Waals surface area (Å²) in [6.07, 6.45) is 5.06. The number of rotatable bonds is 7. The molecule has 11 nitrogen and oxygen atoms in total. The fourth-order valence-electron chi connectivity index (χ4n) is 7.69. The Balaban J connectivity index is 1.60. The van der Waals surface area contributed by atoms with Gasteiger partial charge in [0.15, 0.2) is 11.4 Å². The number of primary amides is 1. The van der Waals surface area contributed by atoms with Crippen LogP contribution in [0.1, 0.15) is 48.8 Å². The number of aromatic hydroxyl groups is 1. The highest BCUT2D eigenvalue weighted by molar-refractivity contribution is 6.24. The molecule has 1 aromatic rings. The van der Waals surface area contributed by atoms with E-state index in [0.717, 1.165) is 44.5 Å². The highest BCUT2D eigenvalue weighted by atomic mass is 16.3. The number of likely N-dealkylation sites (N-methyl/N-ethyl adjacent to an activating group) is 1. The predicted molar refractivity (Wildman–Crippen MR) is 157 cm³/mol. The average molecular weight is 583 g/mol. The molecular weight excluding hydrogens is 540 g/mol. The maximum atomic E-state index is 14.1. The lowest BCUT2D eigenvalue weighted by molar-refractivity contribution is -0.153. The van der Waals surface area contributed by atoms with Gasteiger partial charge in [0.05, 0.1) is 11.6 Å². The molecule has 0 radical (unpaired) electrons. The summed E-state index contributed by atoms with van der Waals surface area (Å²) in [6.45, 7) is 2.02. The number of fused-ring (bicyclic) bond motifs is 3. The molecule has 0 spiro atoms. The van der Waals surface area contributed by atoms with Gasteiger partial charge in [0.2, 0.25) is 5.78 Å². The Hall–Kier alpha value is -3.41. The molecule has 4 aliphatic rings. The second kappa shape index (κ2) is 11.0. The maximum absolute atomic E-state index is 14.1. The number of carbonyl (C=O) groups is 3. The summed E-state index contributed by atoms with van der Waals surface area (Å²) in [5.41, 5.74) is 4.10. The Morgan fingerprint density at radius 3 is 2.38 bits per heavy atom. The van der Waals surface area contributed by atoms with Crippen molar-refractivity contribution < 1.29 is 34.8 Å². The molecule has 1 amide bonds. The summed E-state index contributed by atoms with van der Waals surface area (Å²) >= 11 is 0. The second-order valence-corrected chi connectivity index (χ2v) is 12.7. The first kappa shape index (κ1) is 30.1. The van der Waals surface area contributed by atoms with Gasteiger partial charge in [-0.25, -0.2) is 0 Å². The average Bonchev–Trinajstić information content (AvgIpc) is 2.92.